The average molecular weight is 341 g/mol. The highest BCUT2D eigenvalue weighted by molar-refractivity contribution is 6.35. The summed E-state index contributed by atoms with van der Waals surface area (Å²) in [6, 6.07) is 10.9. The molecular weight excluding hydrogens is 322 g/mol. The first-order valence-corrected chi connectivity index (χ1v) is 7.86. The smallest absolute Gasteiger partial charge is 0.309 e. The topological polar surface area (TPSA) is 96.5 Å². The largest absolute Gasteiger partial charge is 0.467 e. The van der Waals surface area contributed by atoms with Gasteiger partial charge in [-0.2, -0.15) is 0 Å². The molecule has 1 atom stereocenters. The minimum absolute atomic E-state index is 0.0503. The molecule has 2 aromatic heterocycles. The SMILES string of the molecule is Cn1ccc2cc([C@@H](O)CNC(=O)C(=O)NCc3ccco3)ccc21. The highest BCUT2D eigenvalue weighted by Gasteiger charge is 2.16. The number of carbonyl (C=O) groups excluding carboxylic acids is 2. The number of hydrogen-bond donors (Lipinski definition) is 3. The molecule has 0 radical (unpaired) electrons. The normalized spacial score (nSPS) is 12.1. The van der Waals surface area contributed by atoms with E-state index < -0.39 is 17.9 Å². The van der Waals surface area contributed by atoms with Gasteiger partial charge in [0.05, 0.1) is 18.9 Å². The van der Waals surface area contributed by atoms with Gasteiger partial charge in [-0.15, -0.1) is 0 Å². The minimum Gasteiger partial charge on any atom is -0.467 e. The second kappa shape index (κ2) is 7.23. The summed E-state index contributed by atoms with van der Waals surface area (Å²) in [7, 11) is 1.94. The zero-order chi connectivity index (χ0) is 17.8. The third kappa shape index (κ3) is 3.89. The fourth-order valence-corrected chi connectivity index (χ4v) is 2.56. The van der Waals surface area contributed by atoms with Gasteiger partial charge in [0.2, 0.25) is 0 Å². The van der Waals surface area contributed by atoms with Crippen LogP contribution in [0.25, 0.3) is 10.9 Å². The van der Waals surface area contributed by atoms with Crippen LogP contribution in [0.2, 0.25) is 0 Å². The van der Waals surface area contributed by atoms with Crippen molar-refractivity contribution in [2.24, 2.45) is 7.05 Å². The molecule has 0 aliphatic heterocycles. The predicted octanol–water partition coefficient (Wildman–Crippen LogP) is 1.24. The molecule has 7 heteroatoms. The lowest BCUT2D eigenvalue weighted by Gasteiger charge is -2.12. The summed E-state index contributed by atoms with van der Waals surface area (Å²) in [6.07, 6.45) is 2.53. The zero-order valence-corrected chi connectivity index (χ0v) is 13.7. The number of nitrogens with zero attached hydrogens (tertiary/aromatic N) is 1. The number of aromatic nitrogens is 1. The van der Waals surface area contributed by atoms with Gasteiger partial charge in [-0.05, 0) is 41.3 Å². The first-order chi connectivity index (χ1) is 12.0. The molecule has 0 aliphatic rings. The number of aryl methyl sites for hydroxylation is 1. The maximum absolute atomic E-state index is 11.8. The van der Waals surface area contributed by atoms with Crippen LogP contribution in [0.1, 0.15) is 17.4 Å². The standard InChI is InChI=1S/C18H19N3O4/c1-21-7-6-12-9-13(4-5-15(12)21)16(22)11-20-18(24)17(23)19-10-14-3-2-8-25-14/h2-9,16,22H,10-11H2,1H3,(H,19,23)(H,20,24)/t16-/m0/s1. The number of amides is 2. The Labute approximate surface area is 144 Å². The summed E-state index contributed by atoms with van der Waals surface area (Å²) in [4.78, 5) is 23.5. The van der Waals surface area contributed by atoms with E-state index in [0.717, 1.165) is 10.9 Å². The number of nitrogens with one attached hydrogen (secondary N) is 2. The van der Waals surface area contributed by atoms with Gasteiger partial charge in [0, 0.05) is 25.3 Å². The van der Waals surface area contributed by atoms with E-state index in [9.17, 15) is 14.7 Å². The first kappa shape index (κ1) is 16.8. The Kier molecular flexibility index (Phi) is 4.85. The fourth-order valence-electron chi connectivity index (χ4n) is 2.56. The van der Waals surface area contributed by atoms with Crippen molar-refractivity contribution in [1.29, 1.82) is 0 Å². The maximum Gasteiger partial charge on any atom is 0.309 e. The lowest BCUT2D eigenvalue weighted by Crippen LogP contribution is -2.41. The fraction of sp³-hybridized carbons (Fsp3) is 0.222. The van der Waals surface area contributed by atoms with Crippen molar-refractivity contribution in [1.82, 2.24) is 15.2 Å². The Bertz CT molecular complexity index is 883. The Morgan fingerprint density at radius 3 is 2.76 bits per heavy atom. The summed E-state index contributed by atoms with van der Waals surface area (Å²) in [5.41, 5.74) is 1.73. The number of furan rings is 1. The summed E-state index contributed by atoms with van der Waals surface area (Å²) in [6.45, 7) is 0.0812. The minimum atomic E-state index is -0.897. The van der Waals surface area contributed by atoms with Crippen molar-refractivity contribution in [2.75, 3.05) is 6.54 Å². The molecule has 7 nitrogen and oxygen atoms in total. The summed E-state index contributed by atoms with van der Waals surface area (Å²) in [5.74, 6) is -1.02. The molecule has 1 aromatic carbocycles. The van der Waals surface area contributed by atoms with Crippen LogP contribution in [0.5, 0.6) is 0 Å². The molecule has 0 bridgehead atoms. The van der Waals surface area contributed by atoms with E-state index in [1.165, 1.54) is 6.26 Å². The van der Waals surface area contributed by atoms with Crippen LogP contribution >= 0.6 is 0 Å². The van der Waals surface area contributed by atoms with E-state index in [-0.39, 0.29) is 13.1 Å². The summed E-state index contributed by atoms with van der Waals surface area (Å²) in [5, 5.41) is 16.1. The Balaban J connectivity index is 1.52. The number of fused-ring (bicyclic) bond motifs is 1. The van der Waals surface area contributed by atoms with Crippen molar-refractivity contribution in [2.45, 2.75) is 12.6 Å². The summed E-state index contributed by atoms with van der Waals surface area (Å²) < 4.78 is 7.05. The van der Waals surface area contributed by atoms with E-state index in [1.54, 1.807) is 18.2 Å². The second-order valence-electron chi connectivity index (χ2n) is 5.73. The third-order valence-electron chi connectivity index (χ3n) is 3.96. The highest BCUT2D eigenvalue weighted by Crippen LogP contribution is 2.20. The van der Waals surface area contributed by atoms with Gasteiger partial charge >= 0.3 is 11.8 Å². The van der Waals surface area contributed by atoms with E-state index in [0.29, 0.717) is 11.3 Å². The molecule has 0 unspecified atom stereocenters. The molecule has 0 fully saturated rings. The molecule has 0 aliphatic carbocycles. The van der Waals surface area contributed by atoms with Crippen molar-refractivity contribution in [3.05, 3.63) is 60.2 Å². The lowest BCUT2D eigenvalue weighted by molar-refractivity contribution is -0.139. The predicted molar refractivity (Wildman–Crippen MR) is 91.4 cm³/mol. The van der Waals surface area contributed by atoms with Gasteiger partial charge in [-0.3, -0.25) is 9.59 Å². The highest BCUT2D eigenvalue weighted by atomic mass is 16.3. The molecule has 0 spiro atoms. The van der Waals surface area contributed by atoms with E-state index in [4.69, 9.17) is 4.42 Å². The second-order valence-corrected chi connectivity index (χ2v) is 5.73. The molecule has 3 rings (SSSR count). The van der Waals surface area contributed by atoms with Gasteiger partial charge in [-0.25, -0.2) is 0 Å². The van der Waals surface area contributed by atoms with Gasteiger partial charge in [-0.1, -0.05) is 6.07 Å². The molecule has 3 aromatic rings. The monoisotopic (exact) mass is 341 g/mol. The van der Waals surface area contributed by atoms with Crippen molar-refractivity contribution < 1.29 is 19.1 Å². The maximum atomic E-state index is 11.8. The number of rotatable bonds is 5. The molecule has 130 valence electrons. The van der Waals surface area contributed by atoms with Crippen LogP contribution in [0.15, 0.2) is 53.3 Å². The lowest BCUT2D eigenvalue weighted by atomic mass is 10.1. The molecule has 2 heterocycles. The third-order valence-corrected chi connectivity index (χ3v) is 3.96. The summed E-state index contributed by atoms with van der Waals surface area (Å²) >= 11 is 0. The van der Waals surface area contributed by atoms with Crippen LogP contribution in [0.3, 0.4) is 0 Å². The Morgan fingerprint density at radius 1 is 1.20 bits per heavy atom. The molecular formula is C18H19N3O4. The Hall–Kier alpha value is -3.06. The van der Waals surface area contributed by atoms with Gasteiger partial charge in [0.25, 0.3) is 0 Å². The van der Waals surface area contributed by atoms with Gasteiger partial charge < -0.3 is 24.7 Å². The molecule has 0 saturated carbocycles. The number of aliphatic hydroxyl groups excluding tert-OH is 1. The van der Waals surface area contributed by atoms with E-state index in [2.05, 4.69) is 10.6 Å². The van der Waals surface area contributed by atoms with Crippen LogP contribution in [-0.2, 0) is 23.2 Å². The molecule has 2 amide bonds. The average Bonchev–Trinajstić information content (AvgIpc) is 3.27. The van der Waals surface area contributed by atoms with Crippen LogP contribution in [-0.4, -0.2) is 28.0 Å². The van der Waals surface area contributed by atoms with Crippen LogP contribution < -0.4 is 10.6 Å². The van der Waals surface area contributed by atoms with Gasteiger partial charge in [0.1, 0.15) is 5.76 Å². The quantitative estimate of drug-likeness (QED) is 0.608. The Morgan fingerprint density at radius 2 is 2.00 bits per heavy atom. The number of aliphatic hydroxyl groups is 1. The van der Waals surface area contributed by atoms with E-state index >= 15 is 0 Å². The van der Waals surface area contributed by atoms with Crippen LogP contribution in [0.4, 0.5) is 0 Å². The van der Waals surface area contributed by atoms with Crippen molar-refractivity contribution in [3.8, 4) is 0 Å². The number of hydrogen-bond acceptors (Lipinski definition) is 4. The molecule has 0 saturated heterocycles. The molecule has 3 N–H and O–H groups in total. The number of carbonyl (C=O) groups is 2. The van der Waals surface area contributed by atoms with Gasteiger partial charge in [0.15, 0.2) is 0 Å². The van der Waals surface area contributed by atoms with Crippen molar-refractivity contribution in [3.63, 3.8) is 0 Å². The first-order valence-electron chi connectivity index (χ1n) is 7.86. The molecule has 25 heavy (non-hydrogen) atoms. The zero-order valence-electron chi connectivity index (χ0n) is 13.7. The van der Waals surface area contributed by atoms with E-state index in [1.807, 2.05) is 36.0 Å². The number of benzene rings is 1. The van der Waals surface area contributed by atoms with Crippen LogP contribution in [0, 0.1) is 0 Å². The van der Waals surface area contributed by atoms with Crippen molar-refractivity contribution >= 4 is 22.7 Å².